The Hall–Kier alpha value is -2.41. The Morgan fingerprint density at radius 3 is 2.69 bits per heavy atom. The number of fused-ring (bicyclic) bond motifs is 4. The van der Waals surface area contributed by atoms with Crippen molar-refractivity contribution in [2.75, 3.05) is 6.61 Å². The fourth-order valence-corrected chi connectivity index (χ4v) is 7.33. The molecule has 1 aromatic carbocycles. The lowest BCUT2D eigenvalue weighted by atomic mass is 9.51. The van der Waals surface area contributed by atoms with Gasteiger partial charge in [-0.05, 0) is 85.3 Å². The van der Waals surface area contributed by atoms with Crippen LogP contribution in [0.25, 0.3) is 0 Å². The van der Waals surface area contributed by atoms with E-state index in [0.29, 0.717) is 18.3 Å². The van der Waals surface area contributed by atoms with E-state index in [9.17, 15) is 15.0 Å². The molecule has 0 aromatic heterocycles. The SMILES string of the molecule is C#Cc1ccc([C@H]2C[C@@]3(C)[C@@H](CC[C@@]3(O)C=CCO)[C@@H]3CCC4=CC(=O)CCC4=C32)cc1. The van der Waals surface area contributed by atoms with Crippen LogP contribution in [0.5, 0.6) is 0 Å². The molecule has 0 saturated heterocycles. The van der Waals surface area contributed by atoms with E-state index in [1.54, 1.807) is 6.08 Å². The number of hydrogen-bond acceptors (Lipinski definition) is 3. The van der Waals surface area contributed by atoms with Gasteiger partial charge in [-0.15, -0.1) is 6.42 Å². The summed E-state index contributed by atoms with van der Waals surface area (Å²) in [7, 11) is 0. The Labute approximate surface area is 190 Å². The van der Waals surface area contributed by atoms with Gasteiger partial charge in [0, 0.05) is 23.3 Å². The highest BCUT2D eigenvalue weighted by molar-refractivity contribution is 5.93. The van der Waals surface area contributed by atoms with E-state index in [2.05, 4.69) is 25.0 Å². The molecule has 2 N–H and O–H groups in total. The fourth-order valence-electron chi connectivity index (χ4n) is 7.33. The van der Waals surface area contributed by atoms with Crippen LogP contribution in [-0.4, -0.2) is 28.2 Å². The zero-order valence-corrected chi connectivity index (χ0v) is 18.8. The number of carbonyl (C=O) groups is 1. The Bertz CT molecular complexity index is 1070. The second kappa shape index (κ2) is 7.87. The lowest BCUT2D eigenvalue weighted by molar-refractivity contribution is -0.114. The van der Waals surface area contributed by atoms with Crippen molar-refractivity contribution in [1.29, 1.82) is 0 Å². The molecule has 3 nitrogen and oxygen atoms in total. The summed E-state index contributed by atoms with van der Waals surface area (Å²) in [5, 5.41) is 21.2. The number of allylic oxidation sites excluding steroid dienone is 4. The predicted molar refractivity (Wildman–Crippen MR) is 126 cm³/mol. The maximum absolute atomic E-state index is 12.1. The van der Waals surface area contributed by atoms with Gasteiger partial charge >= 0.3 is 0 Å². The summed E-state index contributed by atoms with van der Waals surface area (Å²) >= 11 is 0. The second-order valence-corrected chi connectivity index (χ2v) is 10.3. The summed E-state index contributed by atoms with van der Waals surface area (Å²) in [5.74, 6) is 3.99. The number of hydrogen-bond donors (Lipinski definition) is 2. The molecule has 5 atom stereocenters. The van der Waals surface area contributed by atoms with Crippen LogP contribution in [-0.2, 0) is 4.79 Å². The first-order chi connectivity index (χ1) is 15.4. The van der Waals surface area contributed by atoms with Gasteiger partial charge in [-0.1, -0.05) is 42.7 Å². The Morgan fingerprint density at radius 1 is 1.19 bits per heavy atom. The molecule has 166 valence electrons. The number of ketones is 1. The standard InChI is InChI=1S/C29H32O3/c1-3-19-5-7-20(8-6-19)25-18-28(2)26(13-15-29(28,32)14-4-16-30)24-11-9-21-17-22(31)10-12-23(21)27(24)25/h1,4-8,14,17,24-26,30,32H,9-13,15-16,18H2,2H3/t24-,25+,26-,28-,29-/m0/s1. The van der Waals surface area contributed by atoms with E-state index in [1.165, 1.54) is 22.3 Å². The topological polar surface area (TPSA) is 57.5 Å². The summed E-state index contributed by atoms with van der Waals surface area (Å²) < 4.78 is 0. The number of aliphatic hydroxyl groups excluding tert-OH is 1. The Morgan fingerprint density at radius 2 is 1.97 bits per heavy atom. The maximum Gasteiger partial charge on any atom is 0.156 e. The van der Waals surface area contributed by atoms with Crippen LogP contribution in [0.2, 0.25) is 0 Å². The van der Waals surface area contributed by atoms with Gasteiger partial charge in [-0.2, -0.15) is 0 Å². The van der Waals surface area contributed by atoms with Gasteiger partial charge in [0.05, 0.1) is 12.2 Å². The third-order valence-electron chi connectivity index (χ3n) is 8.93. The minimum atomic E-state index is -0.910. The van der Waals surface area contributed by atoms with E-state index in [0.717, 1.165) is 44.1 Å². The van der Waals surface area contributed by atoms with Gasteiger partial charge in [0.2, 0.25) is 0 Å². The summed E-state index contributed by atoms with van der Waals surface area (Å²) in [6, 6.07) is 8.33. The number of carbonyl (C=O) groups excluding carboxylic acids is 1. The van der Waals surface area contributed by atoms with Gasteiger partial charge in [0.25, 0.3) is 0 Å². The lowest BCUT2D eigenvalue weighted by Gasteiger charge is -2.54. The highest BCUT2D eigenvalue weighted by atomic mass is 16.3. The molecule has 32 heavy (non-hydrogen) atoms. The van der Waals surface area contributed by atoms with E-state index in [1.807, 2.05) is 24.3 Å². The molecule has 0 aliphatic heterocycles. The number of terminal acetylenes is 1. The zero-order chi connectivity index (χ0) is 22.5. The van der Waals surface area contributed by atoms with Crippen molar-refractivity contribution >= 4 is 5.78 Å². The molecule has 5 rings (SSSR count). The molecule has 0 radical (unpaired) electrons. The van der Waals surface area contributed by atoms with Gasteiger partial charge < -0.3 is 10.2 Å². The van der Waals surface area contributed by atoms with Crippen molar-refractivity contribution in [2.45, 2.75) is 63.4 Å². The molecular weight excluding hydrogens is 396 g/mol. The third kappa shape index (κ3) is 3.16. The van der Waals surface area contributed by atoms with Gasteiger partial charge in [-0.3, -0.25) is 4.79 Å². The van der Waals surface area contributed by atoms with Gasteiger partial charge in [-0.25, -0.2) is 0 Å². The highest BCUT2D eigenvalue weighted by Gasteiger charge is 2.61. The fraction of sp³-hybridized carbons (Fsp3) is 0.483. The third-order valence-corrected chi connectivity index (χ3v) is 8.93. The van der Waals surface area contributed by atoms with Crippen molar-refractivity contribution in [1.82, 2.24) is 0 Å². The average Bonchev–Trinajstić information content (AvgIpc) is 3.07. The molecule has 0 heterocycles. The predicted octanol–water partition coefficient (Wildman–Crippen LogP) is 4.85. The first-order valence-electron chi connectivity index (χ1n) is 11.9. The lowest BCUT2D eigenvalue weighted by Crippen LogP contribution is -2.50. The smallest absolute Gasteiger partial charge is 0.156 e. The summed E-state index contributed by atoms with van der Waals surface area (Å²) in [6.45, 7) is 2.20. The molecule has 3 heteroatoms. The van der Waals surface area contributed by atoms with Crippen LogP contribution in [0.4, 0.5) is 0 Å². The average molecular weight is 429 g/mol. The number of rotatable bonds is 3. The molecule has 2 saturated carbocycles. The van der Waals surface area contributed by atoms with Gasteiger partial charge in [0.1, 0.15) is 0 Å². The molecule has 0 unspecified atom stereocenters. The van der Waals surface area contributed by atoms with Gasteiger partial charge in [0.15, 0.2) is 5.78 Å². The molecule has 1 aromatic rings. The molecule has 4 aliphatic rings. The van der Waals surface area contributed by atoms with Crippen LogP contribution >= 0.6 is 0 Å². The van der Waals surface area contributed by atoms with E-state index in [4.69, 9.17) is 6.42 Å². The zero-order valence-electron chi connectivity index (χ0n) is 18.8. The van der Waals surface area contributed by atoms with Crippen molar-refractivity contribution in [3.05, 3.63) is 70.3 Å². The van der Waals surface area contributed by atoms with Crippen molar-refractivity contribution < 1.29 is 15.0 Å². The summed E-state index contributed by atoms with van der Waals surface area (Å²) in [5.41, 5.74) is 5.11. The van der Waals surface area contributed by atoms with E-state index < -0.39 is 5.60 Å². The monoisotopic (exact) mass is 428 g/mol. The van der Waals surface area contributed by atoms with Crippen LogP contribution in [0.3, 0.4) is 0 Å². The van der Waals surface area contributed by atoms with E-state index >= 15 is 0 Å². The largest absolute Gasteiger partial charge is 0.392 e. The normalized spacial score (nSPS) is 36.4. The molecule has 4 aliphatic carbocycles. The van der Waals surface area contributed by atoms with Crippen molar-refractivity contribution in [3.8, 4) is 12.3 Å². The molecule has 2 fully saturated rings. The van der Waals surface area contributed by atoms with Crippen molar-refractivity contribution in [2.24, 2.45) is 17.3 Å². The van der Waals surface area contributed by atoms with Crippen LogP contribution in [0.1, 0.15) is 68.9 Å². The van der Waals surface area contributed by atoms with Crippen LogP contribution in [0, 0.1) is 29.6 Å². The van der Waals surface area contributed by atoms with Crippen molar-refractivity contribution in [3.63, 3.8) is 0 Å². The Balaban J connectivity index is 1.66. The summed E-state index contributed by atoms with van der Waals surface area (Å²) in [6.07, 6.45) is 17.1. The second-order valence-electron chi connectivity index (χ2n) is 10.3. The van der Waals surface area contributed by atoms with Crippen LogP contribution in [0.15, 0.2) is 59.2 Å². The minimum Gasteiger partial charge on any atom is -0.392 e. The minimum absolute atomic E-state index is 0.0546. The molecule has 0 bridgehead atoms. The Kier molecular flexibility index (Phi) is 5.27. The first kappa shape index (κ1) is 21.4. The first-order valence-corrected chi connectivity index (χ1v) is 11.9. The number of benzene rings is 1. The number of aliphatic hydroxyl groups is 2. The molecule has 0 amide bonds. The quantitative estimate of drug-likeness (QED) is 0.535. The highest BCUT2D eigenvalue weighted by Crippen LogP contribution is 2.67. The summed E-state index contributed by atoms with van der Waals surface area (Å²) in [4.78, 5) is 12.1. The molecule has 0 spiro atoms. The van der Waals surface area contributed by atoms with E-state index in [-0.39, 0.29) is 23.7 Å². The maximum atomic E-state index is 12.1. The molecular formula is C29H32O3. The van der Waals surface area contributed by atoms with Crippen LogP contribution < -0.4 is 0 Å².